The predicted molar refractivity (Wildman–Crippen MR) is 71.9 cm³/mol. The molecular weight excluding hydrogens is 312 g/mol. The number of halogens is 1. The number of carbonyl (C=O) groups is 1. The average Bonchev–Trinajstić information content (AvgIpc) is 2.85. The number of ether oxygens (including phenoxy) is 1. The van der Waals surface area contributed by atoms with Gasteiger partial charge in [0, 0.05) is 16.6 Å². The van der Waals surface area contributed by atoms with E-state index in [1.165, 1.54) is 4.68 Å². The van der Waals surface area contributed by atoms with E-state index in [1.807, 2.05) is 24.3 Å². The molecule has 0 spiro atoms. The summed E-state index contributed by atoms with van der Waals surface area (Å²) in [6.07, 6.45) is 1.62. The standard InChI is InChI=1S/C12H13BrN4O2/c13-11-4-2-1-3-9(11)8-19-12(18)7-17-6-10(5-14)15-16-17/h1-4,6H,5,7-8,14H2. The zero-order valence-electron chi connectivity index (χ0n) is 10.1. The molecule has 2 rings (SSSR count). The lowest BCUT2D eigenvalue weighted by atomic mass is 10.2. The number of hydrogen-bond acceptors (Lipinski definition) is 5. The van der Waals surface area contributed by atoms with Crippen LogP contribution >= 0.6 is 15.9 Å². The smallest absolute Gasteiger partial charge is 0.328 e. The van der Waals surface area contributed by atoms with Crippen LogP contribution in [0.5, 0.6) is 0 Å². The van der Waals surface area contributed by atoms with Gasteiger partial charge in [-0.25, -0.2) is 4.68 Å². The Bertz CT molecular complexity index is 570. The van der Waals surface area contributed by atoms with E-state index < -0.39 is 0 Å². The van der Waals surface area contributed by atoms with Gasteiger partial charge in [-0.3, -0.25) is 4.79 Å². The van der Waals surface area contributed by atoms with Crippen LogP contribution in [-0.4, -0.2) is 21.0 Å². The first-order valence-corrected chi connectivity index (χ1v) is 6.46. The van der Waals surface area contributed by atoms with Gasteiger partial charge >= 0.3 is 5.97 Å². The normalized spacial score (nSPS) is 10.4. The zero-order valence-corrected chi connectivity index (χ0v) is 11.7. The Morgan fingerprint density at radius 2 is 2.21 bits per heavy atom. The number of esters is 1. The molecule has 2 N–H and O–H groups in total. The van der Waals surface area contributed by atoms with Gasteiger partial charge in [0.05, 0.1) is 11.9 Å². The second-order valence-corrected chi connectivity index (χ2v) is 4.72. The highest BCUT2D eigenvalue weighted by atomic mass is 79.9. The van der Waals surface area contributed by atoms with E-state index in [-0.39, 0.29) is 19.1 Å². The average molecular weight is 325 g/mol. The summed E-state index contributed by atoms with van der Waals surface area (Å²) >= 11 is 3.39. The lowest BCUT2D eigenvalue weighted by Crippen LogP contribution is -2.14. The number of carbonyl (C=O) groups excluding carboxylic acids is 1. The Kier molecular flexibility index (Phi) is 4.64. The van der Waals surface area contributed by atoms with E-state index in [0.29, 0.717) is 12.2 Å². The van der Waals surface area contributed by atoms with E-state index in [4.69, 9.17) is 10.5 Å². The Morgan fingerprint density at radius 1 is 1.42 bits per heavy atom. The van der Waals surface area contributed by atoms with Crippen LogP contribution in [-0.2, 0) is 29.2 Å². The molecule has 0 saturated carbocycles. The maximum Gasteiger partial charge on any atom is 0.328 e. The van der Waals surface area contributed by atoms with Gasteiger partial charge in [-0.15, -0.1) is 5.10 Å². The summed E-state index contributed by atoms with van der Waals surface area (Å²) in [5, 5.41) is 7.57. The first-order valence-electron chi connectivity index (χ1n) is 5.67. The van der Waals surface area contributed by atoms with E-state index >= 15 is 0 Å². The van der Waals surface area contributed by atoms with E-state index in [9.17, 15) is 4.79 Å². The van der Waals surface area contributed by atoms with Crippen LogP contribution in [0.3, 0.4) is 0 Å². The molecule has 0 saturated heterocycles. The molecule has 19 heavy (non-hydrogen) atoms. The quantitative estimate of drug-likeness (QED) is 0.837. The number of hydrogen-bond donors (Lipinski definition) is 1. The first-order chi connectivity index (χ1) is 9.19. The van der Waals surface area contributed by atoms with Gasteiger partial charge < -0.3 is 10.5 Å². The molecule has 1 heterocycles. The zero-order chi connectivity index (χ0) is 13.7. The fourth-order valence-electron chi connectivity index (χ4n) is 1.46. The van der Waals surface area contributed by atoms with Crippen molar-refractivity contribution in [3.8, 4) is 0 Å². The van der Waals surface area contributed by atoms with Gasteiger partial charge in [0.2, 0.25) is 0 Å². The van der Waals surface area contributed by atoms with Gasteiger partial charge in [0.25, 0.3) is 0 Å². The molecule has 7 heteroatoms. The molecule has 2 aromatic rings. The largest absolute Gasteiger partial charge is 0.459 e. The van der Waals surface area contributed by atoms with Gasteiger partial charge in [0.1, 0.15) is 13.2 Å². The lowest BCUT2D eigenvalue weighted by molar-refractivity contribution is -0.145. The lowest BCUT2D eigenvalue weighted by Gasteiger charge is -2.06. The van der Waals surface area contributed by atoms with Crippen molar-refractivity contribution in [2.75, 3.05) is 0 Å². The fourth-order valence-corrected chi connectivity index (χ4v) is 1.86. The minimum atomic E-state index is -0.371. The molecule has 0 radical (unpaired) electrons. The summed E-state index contributed by atoms with van der Waals surface area (Å²) in [4.78, 5) is 11.6. The van der Waals surface area contributed by atoms with Crippen LogP contribution in [0.25, 0.3) is 0 Å². The summed E-state index contributed by atoms with van der Waals surface area (Å²) in [6.45, 7) is 0.544. The highest BCUT2D eigenvalue weighted by Crippen LogP contribution is 2.16. The summed E-state index contributed by atoms with van der Waals surface area (Å²) in [5.41, 5.74) is 6.96. The number of benzene rings is 1. The van der Waals surface area contributed by atoms with Crippen molar-refractivity contribution >= 4 is 21.9 Å². The van der Waals surface area contributed by atoms with Crippen LogP contribution in [0.2, 0.25) is 0 Å². The molecule has 100 valence electrons. The van der Waals surface area contributed by atoms with Crippen molar-refractivity contribution < 1.29 is 9.53 Å². The minimum Gasteiger partial charge on any atom is -0.459 e. The third-order valence-corrected chi connectivity index (χ3v) is 3.21. The molecule has 0 unspecified atom stereocenters. The van der Waals surface area contributed by atoms with Crippen molar-refractivity contribution in [2.24, 2.45) is 5.73 Å². The molecule has 0 aliphatic heterocycles. The van der Waals surface area contributed by atoms with E-state index in [1.54, 1.807) is 6.20 Å². The van der Waals surface area contributed by atoms with Crippen molar-refractivity contribution in [3.05, 3.63) is 46.2 Å². The second-order valence-electron chi connectivity index (χ2n) is 3.86. The summed E-state index contributed by atoms with van der Waals surface area (Å²) in [6, 6.07) is 7.57. The monoisotopic (exact) mass is 324 g/mol. The van der Waals surface area contributed by atoms with Gasteiger partial charge in [-0.2, -0.15) is 0 Å². The number of nitrogens with zero attached hydrogens (tertiary/aromatic N) is 3. The highest BCUT2D eigenvalue weighted by Gasteiger charge is 2.08. The summed E-state index contributed by atoms with van der Waals surface area (Å²) in [5.74, 6) is -0.371. The first kappa shape index (κ1) is 13.7. The van der Waals surface area contributed by atoms with Crippen LogP contribution < -0.4 is 5.73 Å². The maximum absolute atomic E-state index is 11.6. The Balaban J connectivity index is 1.86. The Labute approximate surface area is 118 Å². The van der Waals surface area contributed by atoms with Crippen LogP contribution in [0.4, 0.5) is 0 Å². The molecule has 6 nitrogen and oxygen atoms in total. The highest BCUT2D eigenvalue weighted by molar-refractivity contribution is 9.10. The van der Waals surface area contributed by atoms with Gasteiger partial charge in [0.15, 0.2) is 0 Å². The number of aromatic nitrogens is 3. The molecule has 0 aliphatic rings. The number of rotatable bonds is 5. The van der Waals surface area contributed by atoms with Gasteiger partial charge in [-0.05, 0) is 6.07 Å². The van der Waals surface area contributed by atoms with Crippen molar-refractivity contribution in [2.45, 2.75) is 19.7 Å². The molecule has 1 aromatic carbocycles. The summed E-state index contributed by atoms with van der Waals surface area (Å²) in [7, 11) is 0. The molecule has 0 atom stereocenters. The third kappa shape index (κ3) is 3.87. The number of nitrogens with two attached hydrogens (primary N) is 1. The molecule has 0 amide bonds. The molecule has 0 aliphatic carbocycles. The van der Waals surface area contributed by atoms with Crippen LogP contribution in [0, 0.1) is 0 Å². The second kappa shape index (κ2) is 6.44. The van der Waals surface area contributed by atoms with Crippen LogP contribution in [0.15, 0.2) is 34.9 Å². The third-order valence-electron chi connectivity index (χ3n) is 2.43. The molecular formula is C12H13BrN4O2. The van der Waals surface area contributed by atoms with Crippen molar-refractivity contribution in [1.82, 2.24) is 15.0 Å². The molecule has 0 bridgehead atoms. The molecule has 1 aromatic heterocycles. The van der Waals surface area contributed by atoms with E-state index in [0.717, 1.165) is 10.0 Å². The fraction of sp³-hybridized carbons (Fsp3) is 0.250. The minimum absolute atomic E-state index is 0.0253. The Morgan fingerprint density at radius 3 is 2.89 bits per heavy atom. The van der Waals surface area contributed by atoms with Crippen molar-refractivity contribution in [3.63, 3.8) is 0 Å². The molecule has 0 fully saturated rings. The van der Waals surface area contributed by atoms with Crippen molar-refractivity contribution in [1.29, 1.82) is 0 Å². The SMILES string of the molecule is NCc1cn(CC(=O)OCc2ccccc2Br)nn1. The van der Waals surface area contributed by atoms with Gasteiger partial charge in [-0.1, -0.05) is 39.3 Å². The van der Waals surface area contributed by atoms with E-state index in [2.05, 4.69) is 26.2 Å². The Hall–Kier alpha value is -1.73. The topological polar surface area (TPSA) is 83.0 Å². The maximum atomic E-state index is 11.6. The predicted octanol–water partition coefficient (Wildman–Crippen LogP) is 1.24. The summed E-state index contributed by atoms with van der Waals surface area (Å²) < 4.78 is 7.49. The van der Waals surface area contributed by atoms with Crippen LogP contribution in [0.1, 0.15) is 11.3 Å².